The molecule has 174 valence electrons. The molecule has 1 atom stereocenters. The summed E-state index contributed by atoms with van der Waals surface area (Å²) in [5, 5.41) is 12.2. The van der Waals surface area contributed by atoms with Gasteiger partial charge in [-0.05, 0) is 24.6 Å². The number of halogens is 7. The highest BCUT2D eigenvalue weighted by Gasteiger charge is 2.42. The minimum atomic E-state index is -5.05. The van der Waals surface area contributed by atoms with Crippen molar-refractivity contribution in [1.29, 1.82) is 5.26 Å². The van der Waals surface area contributed by atoms with Gasteiger partial charge in [0.05, 0.1) is 47.4 Å². The maximum Gasteiger partial charge on any atom is 0.416 e. The minimum absolute atomic E-state index is 0.0915. The van der Waals surface area contributed by atoms with Gasteiger partial charge in [-0.25, -0.2) is 9.18 Å². The zero-order chi connectivity index (χ0) is 24.3. The number of nitriles is 1. The number of ether oxygens (including phenoxy) is 2. The van der Waals surface area contributed by atoms with Crippen molar-refractivity contribution in [1.82, 2.24) is 5.32 Å². The van der Waals surface area contributed by atoms with E-state index in [0.717, 1.165) is 12.1 Å². The van der Waals surface area contributed by atoms with Crippen molar-refractivity contribution in [2.24, 2.45) is 0 Å². The molecule has 1 N–H and O–H groups in total. The Morgan fingerprint density at radius 2 is 1.88 bits per heavy atom. The first-order chi connectivity index (χ1) is 14.8. The van der Waals surface area contributed by atoms with Crippen LogP contribution in [0.2, 0.25) is 0 Å². The largest absolute Gasteiger partial charge is 0.462 e. The third-order valence-corrected chi connectivity index (χ3v) is 4.52. The van der Waals surface area contributed by atoms with Gasteiger partial charge >= 0.3 is 18.3 Å². The second-order valence-corrected chi connectivity index (χ2v) is 6.76. The number of hydrogen-bond acceptors (Lipinski definition) is 5. The van der Waals surface area contributed by atoms with Gasteiger partial charge in [-0.15, -0.1) is 0 Å². The molecule has 1 aromatic rings. The topological polar surface area (TPSA) is 71.3 Å². The highest BCUT2D eigenvalue weighted by Crippen LogP contribution is 2.44. The van der Waals surface area contributed by atoms with Gasteiger partial charge in [0.1, 0.15) is 12.4 Å². The molecule has 5 nitrogen and oxygen atoms in total. The number of rotatable bonds is 6. The molecule has 1 aliphatic heterocycles. The average molecular weight is 466 g/mol. The Labute approximate surface area is 178 Å². The summed E-state index contributed by atoms with van der Waals surface area (Å²) in [4.78, 5) is 12.7. The minimum Gasteiger partial charge on any atom is -0.462 e. The van der Waals surface area contributed by atoms with Crippen LogP contribution in [0.25, 0.3) is 0 Å². The normalized spacial score (nSPS) is 17.2. The number of dihydropyridines is 1. The fraction of sp³-hybridized carbons (Fsp3) is 0.400. The molecule has 2 rings (SSSR count). The number of methoxy groups -OCH3 is 1. The van der Waals surface area contributed by atoms with Crippen molar-refractivity contribution in [2.45, 2.75) is 31.6 Å². The van der Waals surface area contributed by atoms with Crippen molar-refractivity contribution >= 4 is 5.97 Å². The Kier molecular flexibility index (Phi) is 7.56. The molecule has 0 saturated carbocycles. The van der Waals surface area contributed by atoms with E-state index in [1.54, 1.807) is 6.07 Å². The summed E-state index contributed by atoms with van der Waals surface area (Å²) in [6.45, 7) is -0.0679. The Morgan fingerprint density at radius 3 is 2.41 bits per heavy atom. The SMILES string of the molecule is COCC1=C(C(=O)OCCC(F)(F)F)C(c2ccc(F)cc2C(F)(F)F)C(C#N)=C(C)N1. The van der Waals surface area contributed by atoms with Crippen LogP contribution in [0.1, 0.15) is 30.4 Å². The second-order valence-electron chi connectivity index (χ2n) is 6.76. The lowest BCUT2D eigenvalue weighted by atomic mass is 9.79. The third kappa shape index (κ3) is 5.79. The predicted octanol–water partition coefficient (Wildman–Crippen LogP) is 4.72. The van der Waals surface area contributed by atoms with Gasteiger partial charge in [0.25, 0.3) is 0 Å². The first-order valence-electron chi connectivity index (χ1n) is 9.00. The molecule has 0 radical (unpaired) electrons. The molecule has 1 aliphatic rings. The van der Waals surface area contributed by atoms with Gasteiger partial charge < -0.3 is 14.8 Å². The van der Waals surface area contributed by atoms with Crippen LogP contribution in [0.4, 0.5) is 30.7 Å². The van der Waals surface area contributed by atoms with Crippen molar-refractivity contribution in [3.63, 3.8) is 0 Å². The second kappa shape index (κ2) is 9.60. The summed E-state index contributed by atoms with van der Waals surface area (Å²) in [5.74, 6) is -4.25. The maximum atomic E-state index is 13.7. The lowest BCUT2D eigenvalue weighted by Gasteiger charge is -2.31. The van der Waals surface area contributed by atoms with E-state index in [2.05, 4.69) is 10.1 Å². The van der Waals surface area contributed by atoms with Crippen molar-refractivity contribution < 1.29 is 45.0 Å². The zero-order valence-corrected chi connectivity index (χ0v) is 16.7. The van der Waals surface area contributed by atoms with Crippen LogP contribution in [0.15, 0.2) is 40.7 Å². The predicted molar refractivity (Wildman–Crippen MR) is 96.1 cm³/mol. The quantitative estimate of drug-likeness (QED) is 0.485. The van der Waals surface area contributed by atoms with Gasteiger partial charge in [0, 0.05) is 12.8 Å². The van der Waals surface area contributed by atoms with E-state index in [-0.39, 0.29) is 29.6 Å². The number of nitrogens with zero attached hydrogens (tertiary/aromatic N) is 1. The van der Waals surface area contributed by atoms with Crippen LogP contribution in [0.5, 0.6) is 0 Å². The molecule has 0 saturated heterocycles. The Morgan fingerprint density at radius 1 is 1.22 bits per heavy atom. The smallest absolute Gasteiger partial charge is 0.416 e. The van der Waals surface area contributed by atoms with Gasteiger partial charge in [0.2, 0.25) is 0 Å². The Bertz CT molecular complexity index is 988. The molecule has 32 heavy (non-hydrogen) atoms. The maximum absolute atomic E-state index is 13.7. The Hall–Kier alpha value is -3.07. The molecule has 0 aromatic heterocycles. The standard InChI is InChI=1S/C20H17F7N2O3/c1-10-13(8-28)16(12-4-3-11(21)7-14(12)20(25,26)27)17(15(29-10)9-31-2)18(30)32-6-5-19(22,23)24/h3-4,7,16,29H,5-6,9H2,1-2H3. The first-order valence-corrected chi connectivity index (χ1v) is 9.00. The molecule has 1 unspecified atom stereocenters. The van der Waals surface area contributed by atoms with Crippen LogP contribution >= 0.6 is 0 Å². The van der Waals surface area contributed by atoms with Gasteiger partial charge in [0.15, 0.2) is 0 Å². The average Bonchev–Trinajstić information content (AvgIpc) is 2.66. The fourth-order valence-corrected chi connectivity index (χ4v) is 3.22. The summed E-state index contributed by atoms with van der Waals surface area (Å²) >= 11 is 0. The molecule has 1 aromatic carbocycles. The lowest BCUT2D eigenvalue weighted by Crippen LogP contribution is -2.33. The number of nitrogens with one attached hydrogen (secondary N) is 1. The van der Waals surface area contributed by atoms with Crippen LogP contribution < -0.4 is 5.32 Å². The molecular weight excluding hydrogens is 449 g/mol. The summed E-state index contributed by atoms with van der Waals surface area (Å²) < 4.78 is 101. The number of carbonyl (C=O) groups excluding carboxylic acids is 1. The van der Waals surface area contributed by atoms with E-state index in [9.17, 15) is 40.8 Å². The summed E-state index contributed by atoms with van der Waals surface area (Å²) in [6.07, 6.45) is -11.2. The molecule has 0 fully saturated rings. The highest BCUT2D eigenvalue weighted by atomic mass is 19.4. The van der Waals surface area contributed by atoms with E-state index in [0.29, 0.717) is 0 Å². The van der Waals surface area contributed by atoms with Crippen LogP contribution in [0.3, 0.4) is 0 Å². The first kappa shape index (κ1) is 25.2. The molecule has 1 heterocycles. The summed E-state index contributed by atoms with van der Waals surface area (Å²) in [7, 11) is 1.22. The highest BCUT2D eigenvalue weighted by molar-refractivity contribution is 5.93. The monoisotopic (exact) mass is 466 g/mol. The van der Waals surface area contributed by atoms with Crippen molar-refractivity contribution in [2.75, 3.05) is 20.3 Å². The number of hydrogen-bond donors (Lipinski definition) is 1. The molecule has 0 aliphatic carbocycles. The van der Waals surface area contributed by atoms with E-state index in [1.165, 1.54) is 14.0 Å². The van der Waals surface area contributed by atoms with Gasteiger partial charge in [-0.2, -0.15) is 31.6 Å². The number of alkyl halides is 6. The lowest BCUT2D eigenvalue weighted by molar-refractivity contribution is -0.156. The molecule has 0 amide bonds. The number of benzene rings is 1. The van der Waals surface area contributed by atoms with Crippen LogP contribution in [-0.4, -0.2) is 32.5 Å². The fourth-order valence-electron chi connectivity index (χ4n) is 3.22. The molecule has 12 heteroatoms. The summed E-state index contributed by atoms with van der Waals surface area (Å²) in [6, 6.07) is 3.42. The molecule has 0 bridgehead atoms. The van der Waals surface area contributed by atoms with E-state index >= 15 is 0 Å². The van der Waals surface area contributed by atoms with Gasteiger partial charge in [-0.1, -0.05) is 6.07 Å². The number of esters is 1. The third-order valence-electron chi connectivity index (χ3n) is 4.52. The van der Waals surface area contributed by atoms with Crippen molar-refractivity contribution in [3.8, 4) is 6.07 Å². The summed E-state index contributed by atoms with van der Waals surface area (Å²) in [5.41, 5.74) is -2.93. The van der Waals surface area contributed by atoms with Gasteiger partial charge in [-0.3, -0.25) is 0 Å². The molecular formula is C20H17F7N2O3. The van der Waals surface area contributed by atoms with Crippen LogP contribution in [-0.2, 0) is 20.4 Å². The zero-order valence-electron chi connectivity index (χ0n) is 16.7. The van der Waals surface area contributed by atoms with E-state index in [1.807, 2.05) is 0 Å². The van der Waals surface area contributed by atoms with Crippen molar-refractivity contribution in [3.05, 3.63) is 57.7 Å². The number of carbonyl (C=O) groups is 1. The Balaban J connectivity index is 2.68. The number of allylic oxidation sites excluding steroid dienone is 2. The molecule has 0 spiro atoms. The van der Waals surface area contributed by atoms with E-state index < -0.39 is 59.8 Å². The van der Waals surface area contributed by atoms with Crippen LogP contribution in [0, 0.1) is 17.1 Å². The van der Waals surface area contributed by atoms with E-state index in [4.69, 9.17) is 4.74 Å².